The molecular weight excluding hydrogens is 214 g/mol. The second-order valence-corrected chi connectivity index (χ2v) is 4.58. The number of nitrogens with two attached hydrogens (primary N) is 1. The minimum atomic E-state index is 0.241. The van der Waals surface area contributed by atoms with E-state index in [1.807, 2.05) is 0 Å². The highest BCUT2D eigenvalue weighted by atomic mass is 16.4. The Labute approximate surface area is 103 Å². The first kappa shape index (κ1) is 13.5. The molecule has 17 heavy (non-hydrogen) atoms. The van der Waals surface area contributed by atoms with E-state index in [1.165, 1.54) is 11.1 Å². The standard InChI is InChI=1S/C13H21N3O/c1-10(2)16(9-13(14)15-17)8-12-6-4-11(3)5-7-12/h4-7,10,17H,8-9H2,1-3H3,(H2,14,15). The Balaban J connectivity index is 2.70. The van der Waals surface area contributed by atoms with Crippen molar-refractivity contribution in [2.75, 3.05) is 6.54 Å². The van der Waals surface area contributed by atoms with Gasteiger partial charge in [-0.25, -0.2) is 0 Å². The molecule has 94 valence electrons. The van der Waals surface area contributed by atoms with E-state index in [0.717, 1.165) is 6.54 Å². The highest BCUT2D eigenvalue weighted by Crippen LogP contribution is 2.09. The molecule has 0 aliphatic heterocycles. The van der Waals surface area contributed by atoms with E-state index in [2.05, 4.69) is 55.1 Å². The van der Waals surface area contributed by atoms with Gasteiger partial charge in [0.1, 0.15) is 0 Å². The predicted octanol–water partition coefficient (Wildman–Crippen LogP) is 1.95. The van der Waals surface area contributed by atoms with Crippen molar-refractivity contribution in [1.29, 1.82) is 0 Å². The smallest absolute Gasteiger partial charge is 0.153 e. The summed E-state index contributed by atoms with van der Waals surface area (Å²) < 4.78 is 0. The number of oxime groups is 1. The average molecular weight is 235 g/mol. The molecule has 1 aromatic rings. The molecule has 0 unspecified atom stereocenters. The minimum Gasteiger partial charge on any atom is -0.409 e. The molecule has 1 rings (SSSR count). The average Bonchev–Trinajstić information content (AvgIpc) is 2.30. The minimum absolute atomic E-state index is 0.241. The predicted molar refractivity (Wildman–Crippen MR) is 70.1 cm³/mol. The normalized spacial score (nSPS) is 12.4. The summed E-state index contributed by atoms with van der Waals surface area (Å²) in [5.74, 6) is 0.241. The van der Waals surface area contributed by atoms with Gasteiger partial charge in [-0.15, -0.1) is 0 Å². The maximum Gasteiger partial charge on any atom is 0.153 e. The number of hydrogen-bond acceptors (Lipinski definition) is 3. The summed E-state index contributed by atoms with van der Waals surface area (Å²) in [5, 5.41) is 11.6. The van der Waals surface area contributed by atoms with Gasteiger partial charge in [0.15, 0.2) is 5.84 Å². The zero-order valence-electron chi connectivity index (χ0n) is 10.7. The lowest BCUT2D eigenvalue weighted by atomic mass is 10.1. The summed E-state index contributed by atoms with van der Waals surface area (Å²) in [6, 6.07) is 8.75. The van der Waals surface area contributed by atoms with Gasteiger partial charge in [-0.3, -0.25) is 4.90 Å². The lowest BCUT2D eigenvalue weighted by Crippen LogP contribution is -2.38. The van der Waals surface area contributed by atoms with Crippen LogP contribution in [0.4, 0.5) is 0 Å². The molecule has 0 saturated heterocycles. The second-order valence-electron chi connectivity index (χ2n) is 4.58. The highest BCUT2D eigenvalue weighted by Gasteiger charge is 2.11. The Hall–Kier alpha value is -1.55. The molecule has 0 fully saturated rings. The van der Waals surface area contributed by atoms with Crippen LogP contribution < -0.4 is 5.73 Å². The third-order valence-electron chi connectivity index (χ3n) is 2.73. The number of nitrogens with zero attached hydrogens (tertiary/aromatic N) is 2. The van der Waals surface area contributed by atoms with Gasteiger partial charge in [0.05, 0.1) is 6.54 Å². The quantitative estimate of drug-likeness (QED) is 0.355. The van der Waals surface area contributed by atoms with Crippen molar-refractivity contribution in [2.24, 2.45) is 10.9 Å². The molecule has 0 atom stereocenters. The van der Waals surface area contributed by atoms with Gasteiger partial charge in [0, 0.05) is 12.6 Å². The van der Waals surface area contributed by atoms with E-state index in [-0.39, 0.29) is 5.84 Å². The van der Waals surface area contributed by atoms with Gasteiger partial charge in [0.25, 0.3) is 0 Å². The maximum atomic E-state index is 8.60. The first-order valence-corrected chi connectivity index (χ1v) is 5.79. The third kappa shape index (κ3) is 4.44. The van der Waals surface area contributed by atoms with Crippen molar-refractivity contribution in [1.82, 2.24) is 4.90 Å². The van der Waals surface area contributed by atoms with Gasteiger partial charge < -0.3 is 10.9 Å². The zero-order valence-corrected chi connectivity index (χ0v) is 10.7. The van der Waals surface area contributed by atoms with Crippen LogP contribution >= 0.6 is 0 Å². The van der Waals surface area contributed by atoms with Crippen molar-refractivity contribution in [2.45, 2.75) is 33.4 Å². The third-order valence-corrected chi connectivity index (χ3v) is 2.73. The molecular formula is C13H21N3O. The maximum absolute atomic E-state index is 8.60. The Morgan fingerprint density at radius 2 is 1.94 bits per heavy atom. The number of aryl methyl sites for hydroxylation is 1. The van der Waals surface area contributed by atoms with Crippen LogP contribution in [-0.4, -0.2) is 28.5 Å². The number of rotatable bonds is 5. The molecule has 1 aromatic carbocycles. The van der Waals surface area contributed by atoms with E-state index < -0.39 is 0 Å². The van der Waals surface area contributed by atoms with Crippen LogP contribution in [0, 0.1) is 6.92 Å². The van der Waals surface area contributed by atoms with Gasteiger partial charge in [0.2, 0.25) is 0 Å². The Morgan fingerprint density at radius 1 is 1.35 bits per heavy atom. The van der Waals surface area contributed by atoms with Crippen LogP contribution in [0.25, 0.3) is 0 Å². The van der Waals surface area contributed by atoms with Crippen LogP contribution in [0.5, 0.6) is 0 Å². The molecule has 0 aromatic heterocycles. The molecule has 0 bridgehead atoms. The fraction of sp³-hybridized carbons (Fsp3) is 0.462. The van der Waals surface area contributed by atoms with Crippen LogP contribution in [0.1, 0.15) is 25.0 Å². The summed E-state index contributed by atoms with van der Waals surface area (Å²) in [6.45, 7) is 7.54. The van der Waals surface area contributed by atoms with Crippen LogP contribution in [0.2, 0.25) is 0 Å². The van der Waals surface area contributed by atoms with Crippen molar-refractivity contribution in [3.05, 3.63) is 35.4 Å². The molecule has 3 N–H and O–H groups in total. The molecule has 0 radical (unpaired) electrons. The van der Waals surface area contributed by atoms with Crippen molar-refractivity contribution in [3.8, 4) is 0 Å². The molecule has 0 heterocycles. The zero-order chi connectivity index (χ0) is 12.8. The summed E-state index contributed by atoms with van der Waals surface area (Å²) in [5.41, 5.74) is 8.03. The summed E-state index contributed by atoms with van der Waals surface area (Å²) >= 11 is 0. The number of amidine groups is 1. The topological polar surface area (TPSA) is 61.8 Å². The van der Waals surface area contributed by atoms with Crippen molar-refractivity contribution < 1.29 is 5.21 Å². The van der Waals surface area contributed by atoms with Gasteiger partial charge >= 0.3 is 0 Å². The van der Waals surface area contributed by atoms with E-state index >= 15 is 0 Å². The Bertz CT molecular complexity index is 371. The molecule has 0 spiro atoms. The Morgan fingerprint density at radius 3 is 2.41 bits per heavy atom. The fourth-order valence-corrected chi connectivity index (χ4v) is 1.59. The summed E-state index contributed by atoms with van der Waals surface area (Å²) in [4.78, 5) is 2.15. The SMILES string of the molecule is Cc1ccc(CN(CC(N)=NO)C(C)C)cc1. The molecule has 4 nitrogen and oxygen atoms in total. The molecule has 0 amide bonds. The van der Waals surface area contributed by atoms with Gasteiger partial charge in [-0.1, -0.05) is 35.0 Å². The molecule has 0 saturated carbocycles. The van der Waals surface area contributed by atoms with Crippen LogP contribution in [-0.2, 0) is 6.54 Å². The molecule has 0 aliphatic carbocycles. The largest absolute Gasteiger partial charge is 0.409 e. The van der Waals surface area contributed by atoms with Gasteiger partial charge in [-0.05, 0) is 26.3 Å². The van der Waals surface area contributed by atoms with Crippen LogP contribution in [0.3, 0.4) is 0 Å². The van der Waals surface area contributed by atoms with E-state index in [9.17, 15) is 0 Å². The summed E-state index contributed by atoms with van der Waals surface area (Å²) in [7, 11) is 0. The highest BCUT2D eigenvalue weighted by molar-refractivity contribution is 5.81. The lowest BCUT2D eigenvalue weighted by Gasteiger charge is -2.25. The van der Waals surface area contributed by atoms with Crippen LogP contribution in [0.15, 0.2) is 29.4 Å². The second kappa shape index (κ2) is 6.25. The molecule has 0 aliphatic rings. The fourth-order valence-electron chi connectivity index (χ4n) is 1.59. The summed E-state index contributed by atoms with van der Waals surface area (Å²) in [6.07, 6.45) is 0. The van der Waals surface area contributed by atoms with Crippen molar-refractivity contribution >= 4 is 5.84 Å². The van der Waals surface area contributed by atoms with E-state index in [1.54, 1.807) is 0 Å². The van der Waals surface area contributed by atoms with E-state index in [4.69, 9.17) is 10.9 Å². The number of benzene rings is 1. The Kier molecular flexibility index (Phi) is 4.97. The van der Waals surface area contributed by atoms with E-state index in [0.29, 0.717) is 12.6 Å². The first-order valence-electron chi connectivity index (χ1n) is 5.79. The number of hydrogen-bond donors (Lipinski definition) is 2. The molecule has 4 heteroatoms. The monoisotopic (exact) mass is 235 g/mol. The van der Waals surface area contributed by atoms with Crippen molar-refractivity contribution in [3.63, 3.8) is 0 Å². The lowest BCUT2D eigenvalue weighted by molar-refractivity contribution is 0.238. The van der Waals surface area contributed by atoms with Gasteiger partial charge in [-0.2, -0.15) is 0 Å². The first-order chi connectivity index (χ1) is 8.02.